The summed E-state index contributed by atoms with van der Waals surface area (Å²) < 4.78 is 1.75. The molecule has 110 valence electrons. The van der Waals surface area contributed by atoms with Crippen molar-refractivity contribution < 1.29 is 9.85 Å². The minimum atomic E-state index is -0.652. The highest BCUT2D eigenvalue weighted by atomic mass is 16.6. The van der Waals surface area contributed by atoms with Crippen LogP contribution in [0.1, 0.15) is 11.4 Å². The molecule has 1 aromatic carbocycles. The van der Waals surface area contributed by atoms with Gasteiger partial charge in [0, 0.05) is 18.5 Å². The normalized spacial score (nSPS) is 10.5. The van der Waals surface area contributed by atoms with Crippen molar-refractivity contribution in [3.63, 3.8) is 0 Å². The number of rotatable bonds is 6. The molecule has 0 spiro atoms. The topological polar surface area (TPSA) is 116 Å². The fourth-order valence-corrected chi connectivity index (χ4v) is 1.96. The molecule has 0 aliphatic heterocycles. The predicted octanol–water partition coefficient (Wildman–Crippen LogP) is 1.47. The first kappa shape index (κ1) is 14.6. The highest BCUT2D eigenvalue weighted by Crippen LogP contribution is 2.25. The summed E-state index contributed by atoms with van der Waals surface area (Å²) in [6.07, 6.45) is 3.31. The van der Waals surface area contributed by atoms with Crippen molar-refractivity contribution in [2.75, 3.05) is 7.05 Å². The van der Waals surface area contributed by atoms with Gasteiger partial charge < -0.3 is 9.88 Å². The van der Waals surface area contributed by atoms with E-state index in [1.54, 1.807) is 24.0 Å². The SMILES string of the molecule is CNCc1nccn1Cc1ccc([N+](=O)[O-])cc1[N+](=O)[O-]. The van der Waals surface area contributed by atoms with Crippen LogP contribution in [-0.2, 0) is 13.1 Å². The molecule has 1 N–H and O–H groups in total. The van der Waals surface area contributed by atoms with Crippen LogP contribution in [0.4, 0.5) is 11.4 Å². The van der Waals surface area contributed by atoms with Crippen molar-refractivity contribution >= 4 is 11.4 Å². The number of nitrogens with one attached hydrogen (secondary N) is 1. The largest absolute Gasteiger partial charge is 0.329 e. The van der Waals surface area contributed by atoms with E-state index in [4.69, 9.17) is 0 Å². The van der Waals surface area contributed by atoms with Crippen LogP contribution in [0, 0.1) is 20.2 Å². The lowest BCUT2D eigenvalue weighted by atomic mass is 10.1. The molecule has 2 aromatic rings. The van der Waals surface area contributed by atoms with Crippen molar-refractivity contribution in [1.82, 2.24) is 14.9 Å². The highest BCUT2D eigenvalue weighted by Gasteiger charge is 2.20. The van der Waals surface area contributed by atoms with Gasteiger partial charge in [-0.1, -0.05) is 0 Å². The number of non-ortho nitro benzene ring substituents is 1. The Morgan fingerprint density at radius 2 is 2.05 bits per heavy atom. The standard InChI is InChI=1S/C12H13N5O4/c1-13-7-12-14-4-5-15(12)8-9-2-3-10(16(18)19)6-11(9)17(20)21/h2-6,13H,7-8H2,1H3. The Morgan fingerprint density at radius 3 is 2.67 bits per heavy atom. The molecular weight excluding hydrogens is 278 g/mol. The molecule has 2 rings (SSSR count). The van der Waals surface area contributed by atoms with Gasteiger partial charge >= 0.3 is 0 Å². The molecule has 0 aliphatic carbocycles. The van der Waals surface area contributed by atoms with E-state index in [0.717, 1.165) is 11.9 Å². The minimum absolute atomic E-state index is 0.228. The third kappa shape index (κ3) is 3.20. The van der Waals surface area contributed by atoms with Crippen LogP contribution in [0.25, 0.3) is 0 Å². The summed E-state index contributed by atoms with van der Waals surface area (Å²) >= 11 is 0. The van der Waals surface area contributed by atoms with Gasteiger partial charge in [-0.3, -0.25) is 20.2 Å². The monoisotopic (exact) mass is 291 g/mol. The molecule has 0 atom stereocenters. The summed E-state index contributed by atoms with van der Waals surface area (Å²) in [5.74, 6) is 0.727. The Kier molecular flexibility index (Phi) is 4.24. The lowest BCUT2D eigenvalue weighted by Crippen LogP contribution is -2.13. The second kappa shape index (κ2) is 6.09. The lowest BCUT2D eigenvalue weighted by Gasteiger charge is -2.08. The molecule has 0 bridgehead atoms. The summed E-state index contributed by atoms with van der Waals surface area (Å²) in [5.41, 5.74) is -0.180. The number of aromatic nitrogens is 2. The second-order valence-corrected chi connectivity index (χ2v) is 4.33. The molecule has 9 heteroatoms. The molecule has 9 nitrogen and oxygen atoms in total. The molecule has 0 saturated heterocycles. The number of benzene rings is 1. The number of hydrogen-bond donors (Lipinski definition) is 1. The van der Waals surface area contributed by atoms with Gasteiger partial charge in [0.25, 0.3) is 11.4 Å². The van der Waals surface area contributed by atoms with E-state index < -0.39 is 9.85 Å². The Labute approximate surface area is 119 Å². The molecular formula is C12H13N5O4. The van der Waals surface area contributed by atoms with Gasteiger partial charge in [-0.05, 0) is 13.1 Å². The van der Waals surface area contributed by atoms with Crippen LogP contribution in [-0.4, -0.2) is 26.4 Å². The third-order valence-corrected chi connectivity index (χ3v) is 2.95. The Morgan fingerprint density at radius 1 is 1.29 bits per heavy atom. The van der Waals surface area contributed by atoms with E-state index >= 15 is 0 Å². The summed E-state index contributed by atoms with van der Waals surface area (Å²) in [6, 6.07) is 3.64. The summed E-state index contributed by atoms with van der Waals surface area (Å²) in [4.78, 5) is 24.7. The average Bonchev–Trinajstić information content (AvgIpc) is 2.86. The van der Waals surface area contributed by atoms with E-state index in [0.29, 0.717) is 12.1 Å². The molecule has 21 heavy (non-hydrogen) atoms. The van der Waals surface area contributed by atoms with E-state index in [2.05, 4.69) is 10.3 Å². The smallest absolute Gasteiger partial charge is 0.281 e. The molecule has 0 amide bonds. The maximum atomic E-state index is 11.1. The van der Waals surface area contributed by atoms with Crippen molar-refractivity contribution in [3.8, 4) is 0 Å². The minimum Gasteiger partial charge on any atom is -0.329 e. The molecule has 1 aromatic heterocycles. The van der Waals surface area contributed by atoms with Gasteiger partial charge in [0.05, 0.1) is 34.6 Å². The Balaban J connectivity index is 2.37. The highest BCUT2D eigenvalue weighted by molar-refractivity contribution is 5.49. The van der Waals surface area contributed by atoms with Gasteiger partial charge in [0.2, 0.25) is 0 Å². The van der Waals surface area contributed by atoms with E-state index in [1.165, 1.54) is 12.1 Å². The number of hydrogen-bond acceptors (Lipinski definition) is 6. The predicted molar refractivity (Wildman–Crippen MR) is 73.8 cm³/mol. The maximum absolute atomic E-state index is 11.1. The number of nitrogens with zero attached hydrogens (tertiary/aromatic N) is 4. The zero-order valence-electron chi connectivity index (χ0n) is 11.2. The fraction of sp³-hybridized carbons (Fsp3) is 0.250. The Bertz CT molecular complexity index is 682. The van der Waals surface area contributed by atoms with Gasteiger partial charge in [-0.25, -0.2) is 4.98 Å². The molecule has 1 heterocycles. The van der Waals surface area contributed by atoms with Crippen molar-refractivity contribution in [2.24, 2.45) is 0 Å². The van der Waals surface area contributed by atoms with Crippen LogP contribution in [0.5, 0.6) is 0 Å². The molecule has 0 aliphatic rings. The van der Waals surface area contributed by atoms with E-state index in [9.17, 15) is 20.2 Å². The van der Waals surface area contributed by atoms with Crippen LogP contribution < -0.4 is 5.32 Å². The van der Waals surface area contributed by atoms with Gasteiger partial charge in [-0.15, -0.1) is 0 Å². The molecule has 0 unspecified atom stereocenters. The first-order valence-electron chi connectivity index (χ1n) is 6.09. The molecule has 0 saturated carbocycles. The fourth-order valence-electron chi connectivity index (χ4n) is 1.96. The van der Waals surface area contributed by atoms with Crippen molar-refractivity contribution in [3.05, 3.63) is 62.2 Å². The molecule has 0 fully saturated rings. The van der Waals surface area contributed by atoms with Gasteiger partial charge in [-0.2, -0.15) is 0 Å². The van der Waals surface area contributed by atoms with Gasteiger partial charge in [0.15, 0.2) is 0 Å². The number of nitro groups is 2. The van der Waals surface area contributed by atoms with E-state index in [1.807, 2.05) is 0 Å². The van der Waals surface area contributed by atoms with Crippen molar-refractivity contribution in [2.45, 2.75) is 13.1 Å². The lowest BCUT2D eigenvalue weighted by molar-refractivity contribution is -0.394. The Hall–Kier alpha value is -2.81. The van der Waals surface area contributed by atoms with Crippen molar-refractivity contribution in [1.29, 1.82) is 0 Å². The van der Waals surface area contributed by atoms with Gasteiger partial charge in [0.1, 0.15) is 5.82 Å². The third-order valence-electron chi connectivity index (χ3n) is 2.95. The second-order valence-electron chi connectivity index (χ2n) is 4.33. The maximum Gasteiger partial charge on any atom is 0.281 e. The van der Waals surface area contributed by atoms with Crippen LogP contribution >= 0.6 is 0 Å². The number of imidazole rings is 1. The number of nitro benzene ring substituents is 2. The van der Waals surface area contributed by atoms with E-state index in [-0.39, 0.29) is 17.9 Å². The molecule has 0 radical (unpaired) electrons. The summed E-state index contributed by atoms with van der Waals surface area (Å²) in [5, 5.41) is 24.7. The van der Waals surface area contributed by atoms with Crippen LogP contribution in [0.2, 0.25) is 0 Å². The van der Waals surface area contributed by atoms with Crippen LogP contribution in [0.15, 0.2) is 30.6 Å². The zero-order valence-corrected chi connectivity index (χ0v) is 11.2. The summed E-state index contributed by atoms with van der Waals surface area (Å²) in [6.45, 7) is 0.749. The summed E-state index contributed by atoms with van der Waals surface area (Å²) in [7, 11) is 1.77. The first-order chi connectivity index (χ1) is 10.0. The quantitative estimate of drug-likeness (QED) is 0.636. The average molecular weight is 291 g/mol. The van der Waals surface area contributed by atoms with Crippen LogP contribution in [0.3, 0.4) is 0 Å². The first-order valence-corrected chi connectivity index (χ1v) is 6.09. The zero-order chi connectivity index (χ0) is 15.4.